The Bertz CT molecular complexity index is 312. The molecule has 0 aromatic carbocycles. The number of nitrogens with zero attached hydrogens (tertiary/aromatic N) is 3. The predicted molar refractivity (Wildman–Crippen MR) is 73.6 cm³/mol. The van der Waals surface area contributed by atoms with E-state index in [1.54, 1.807) is 4.31 Å². The van der Waals surface area contributed by atoms with Gasteiger partial charge in [-0.1, -0.05) is 29.8 Å². The maximum atomic E-state index is 12.2. The van der Waals surface area contributed by atoms with Crippen molar-refractivity contribution >= 4 is 26.1 Å². The normalized spacial score (nSPS) is 20.0. The molecule has 0 aliphatic carbocycles. The summed E-state index contributed by atoms with van der Waals surface area (Å²) in [6.07, 6.45) is 0. The molecule has 1 saturated heterocycles. The summed E-state index contributed by atoms with van der Waals surface area (Å²) in [5, 5.41) is 0.940. The van der Waals surface area contributed by atoms with Crippen molar-refractivity contribution in [2.24, 2.45) is 0 Å². The van der Waals surface area contributed by atoms with Gasteiger partial charge in [-0.3, -0.25) is 4.90 Å². The van der Waals surface area contributed by atoms with Crippen LogP contribution < -0.4 is 0 Å². The van der Waals surface area contributed by atoms with E-state index in [9.17, 15) is 8.42 Å². The summed E-state index contributed by atoms with van der Waals surface area (Å²) in [5.41, 5.74) is 0. The number of hydrogen-bond donors (Lipinski definition) is 0. The fraction of sp³-hybridized carbons (Fsp3) is 1.00. The Morgan fingerprint density at radius 2 is 1.65 bits per heavy atom. The van der Waals surface area contributed by atoms with Gasteiger partial charge in [-0.2, -0.15) is 17.0 Å². The van der Waals surface area contributed by atoms with Crippen LogP contribution in [-0.2, 0) is 10.2 Å². The molecule has 1 fully saturated rings. The Hall–Kier alpha value is 0.310. The Labute approximate surface area is 113 Å². The van der Waals surface area contributed by atoms with E-state index in [0.29, 0.717) is 26.2 Å². The van der Waals surface area contributed by atoms with Gasteiger partial charge in [0.05, 0.1) is 0 Å². The molecule has 1 aliphatic rings. The lowest BCUT2D eigenvalue weighted by Crippen LogP contribution is -2.53. The van der Waals surface area contributed by atoms with Gasteiger partial charge < -0.3 is 0 Å². The van der Waals surface area contributed by atoms with Gasteiger partial charge in [0.2, 0.25) is 0 Å². The molecule has 0 bridgehead atoms. The lowest BCUT2D eigenvalue weighted by atomic mass is 10.4. The molecule has 0 spiro atoms. The average Bonchev–Trinajstić information content (AvgIpc) is 2.31. The van der Waals surface area contributed by atoms with E-state index in [2.05, 4.69) is 20.8 Å². The molecule has 0 aromatic heterocycles. The van der Waals surface area contributed by atoms with Crippen LogP contribution in [0.1, 0.15) is 13.8 Å². The number of halogens is 1. The van der Waals surface area contributed by atoms with Crippen LogP contribution in [0.3, 0.4) is 0 Å². The van der Waals surface area contributed by atoms with Gasteiger partial charge in [-0.15, -0.1) is 0 Å². The van der Waals surface area contributed by atoms with E-state index in [1.807, 2.05) is 13.8 Å². The van der Waals surface area contributed by atoms with Crippen molar-refractivity contribution in [2.45, 2.75) is 13.8 Å². The largest absolute Gasteiger partial charge is 0.300 e. The first-order chi connectivity index (χ1) is 8.06. The topological polar surface area (TPSA) is 43.9 Å². The summed E-state index contributed by atoms with van der Waals surface area (Å²) in [6.45, 7) is 8.68. The molecule has 0 aromatic rings. The molecule has 0 saturated carbocycles. The van der Waals surface area contributed by atoms with Crippen LogP contribution in [0.5, 0.6) is 0 Å². The minimum atomic E-state index is -3.23. The van der Waals surface area contributed by atoms with Gasteiger partial charge >= 0.3 is 0 Å². The zero-order valence-electron chi connectivity index (χ0n) is 10.6. The van der Waals surface area contributed by atoms with Gasteiger partial charge in [0, 0.05) is 51.1 Å². The van der Waals surface area contributed by atoms with Crippen molar-refractivity contribution in [3.63, 3.8) is 0 Å². The van der Waals surface area contributed by atoms with Crippen LogP contribution in [0.4, 0.5) is 0 Å². The molecule has 0 N–H and O–H groups in total. The lowest BCUT2D eigenvalue weighted by Gasteiger charge is -2.36. The van der Waals surface area contributed by atoms with E-state index in [4.69, 9.17) is 0 Å². The van der Waals surface area contributed by atoms with Crippen LogP contribution in [0, 0.1) is 0 Å². The molecular weight excluding hydrogens is 306 g/mol. The zero-order chi connectivity index (χ0) is 12.9. The molecule has 5 nitrogen and oxygen atoms in total. The van der Waals surface area contributed by atoms with E-state index in [1.165, 1.54) is 4.31 Å². The maximum absolute atomic E-state index is 12.2. The van der Waals surface area contributed by atoms with Crippen molar-refractivity contribution in [2.75, 3.05) is 51.1 Å². The molecule has 1 rings (SSSR count). The lowest BCUT2D eigenvalue weighted by molar-refractivity contribution is 0.190. The van der Waals surface area contributed by atoms with Crippen LogP contribution >= 0.6 is 15.9 Å². The first-order valence-electron chi connectivity index (χ1n) is 6.09. The predicted octanol–water partition coefficient (Wildman–Crippen LogP) is 0.586. The molecule has 0 radical (unpaired) electrons. The highest BCUT2D eigenvalue weighted by Crippen LogP contribution is 2.11. The van der Waals surface area contributed by atoms with Crippen molar-refractivity contribution in [3.05, 3.63) is 0 Å². The quantitative estimate of drug-likeness (QED) is 0.670. The molecule has 0 amide bonds. The van der Waals surface area contributed by atoms with Crippen molar-refractivity contribution in [1.29, 1.82) is 0 Å². The second-order valence-electron chi connectivity index (χ2n) is 4.02. The van der Waals surface area contributed by atoms with Crippen LogP contribution in [0.15, 0.2) is 0 Å². The molecule has 0 unspecified atom stereocenters. The summed E-state index contributed by atoms with van der Waals surface area (Å²) in [7, 11) is -3.23. The number of alkyl halides is 1. The maximum Gasteiger partial charge on any atom is 0.282 e. The fourth-order valence-corrected chi connectivity index (χ4v) is 4.12. The van der Waals surface area contributed by atoms with E-state index in [0.717, 1.165) is 25.0 Å². The Kier molecular flexibility index (Phi) is 6.36. The zero-order valence-corrected chi connectivity index (χ0v) is 13.0. The summed E-state index contributed by atoms with van der Waals surface area (Å²) in [5.74, 6) is 0. The summed E-state index contributed by atoms with van der Waals surface area (Å²) < 4.78 is 27.6. The van der Waals surface area contributed by atoms with Crippen molar-refractivity contribution in [3.8, 4) is 0 Å². The molecule has 1 aliphatic heterocycles. The summed E-state index contributed by atoms with van der Waals surface area (Å²) >= 11 is 3.40. The molecule has 102 valence electrons. The Morgan fingerprint density at radius 1 is 1.12 bits per heavy atom. The number of piperazine rings is 1. The van der Waals surface area contributed by atoms with Gasteiger partial charge in [0.1, 0.15) is 0 Å². The fourth-order valence-electron chi connectivity index (χ4n) is 2.02. The third-order valence-corrected chi connectivity index (χ3v) is 5.63. The first kappa shape index (κ1) is 15.4. The van der Waals surface area contributed by atoms with Crippen molar-refractivity contribution < 1.29 is 8.42 Å². The van der Waals surface area contributed by atoms with Crippen LogP contribution in [-0.4, -0.2) is 73.1 Å². The van der Waals surface area contributed by atoms with Gasteiger partial charge in [-0.25, -0.2) is 0 Å². The Morgan fingerprint density at radius 3 is 2.06 bits per heavy atom. The molecular formula is C10H22BrN3O2S. The van der Waals surface area contributed by atoms with E-state index in [-0.39, 0.29) is 0 Å². The summed E-state index contributed by atoms with van der Waals surface area (Å²) in [6, 6.07) is 0. The first-order valence-corrected chi connectivity index (χ1v) is 8.61. The highest BCUT2D eigenvalue weighted by atomic mass is 79.9. The van der Waals surface area contributed by atoms with Crippen LogP contribution in [0.25, 0.3) is 0 Å². The average molecular weight is 328 g/mol. The van der Waals surface area contributed by atoms with Gasteiger partial charge in [0.25, 0.3) is 10.2 Å². The second-order valence-corrected chi connectivity index (χ2v) is 6.74. The third-order valence-electron chi connectivity index (χ3n) is 3.09. The Balaban J connectivity index is 2.58. The minimum absolute atomic E-state index is 0.542. The van der Waals surface area contributed by atoms with E-state index < -0.39 is 10.2 Å². The van der Waals surface area contributed by atoms with Crippen LogP contribution in [0.2, 0.25) is 0 Å². The summed E-state index contributed by atoms with van der Waals surface area (Å²) in [4.78, 5) is 2.28. The number of rotatable bonds is 6. The smallest absolute Gasteiger partial charge is 0.282 e. The standard InChI is InChI=1S/C10H22BrN3O2S/c1-3-13(4-2)17(15,16)14-9-7-12(6-5-11)8-10-14/h3-10H2,1-2H3. The van der Waals surface area contributed by atoms with E-state index >= 15 is 0 Å². The van der Waals surface area contributed by atoms with Gasteiger partial charge in [0.15, 0.2) is 0 Å². The SMILES string of the molecule is CCN(CC)S(=O)(=O)N1CCN(CCBr)CC1. The molecule has 1 heterocycles. The minimum Gasteiger partial charge on any atom is -0.300 e. The third kappa shape index (κ3) is 3.89. The molecule has 7 heteroatoms. The van der Waals surface area contributed by atoms with Crippen molar-refractivity contribution in [1.82, 2.24) is 13.5 Å². The second kappa shape index (κ2) is 7.04. The molecule has 17 heavy (non-hydrogen) atoms. The molecule has 0 atom stereocenters. The highest BCUT2D eigenvalue weighted by Gasteiger charge is 2.30. The highest BCUT2D eigenvalue weighted by molar-refractivity contribution is 9.09. The monoisotopic (exact) mass is 327 g/mol. The number of hydrogen-bond acceptors (Lipinski definition) is 3. The van der Waals surface area contributed by atoms with Gasteiger partial charge in [-0.05, 0) is 0 Å².